The van der Waals surface area contributed by atoms with Gasteiger partial charge in [0.25, 0.3) is 0 Å². The summed E-state index contributed by atoms with van der Waals surface area (Å²) in [6.07, 6.45) is 0.995. The number of nitrogens with zero attached hydrogens (tertiary/aromatic N) is 2. The van der Waals surface area contributed by atoms with E-state index in [1.54, 1.807) is 0 Å². The van der Waals surface area contributed by atoms with Crippen LogP contribution in [0.25, 0.3) is 0 Å². The van der Waals surface area contributed by atoms with Gasteiger partial charge < -0.3 is 14.4 Å². The van der Waals surface area contributed by atoms with Crippen LogP contribution in [-0.2, 0) is 0 Å². The van der Waals surface area contributed by atoms with Crippen molar-refractivity contribution in [2.24, 2.45) is 5.92 Å². The number of aromatic carboxylic acids is 1. The Kier molecular flexibility index (Phi) is 3.64. The van der Waals surface area contributed by atoms with Gasteiger partial charge in [0.15, 0.2) is 0 Å². The molecule has 1 heterocycles. The summed E-state index contributed by atoms with van der Waals surface area (Å²) in [5.74, 6) is -0.547. The average molecular weight is 206 g/mol. The van der Waals surface area contributed by atoms with Crippen molar-refractivity contribution in [3.05, 3.63) is 11.7 Å². The molecule has 6 heteroatoms. The van der Waals surface area contributed by atoms with E-state index >= 15 is 0 Å². The van der Waals surface area contributed by atoms with Crippen LogP contribution in [0, 0.1) is 5.92 Å². The molecule has 2 atom stereocenters. The Balaban J connectivity index is 0.000000845. The van der Waals surface area contributed by atoms with E-state index in [0.29, 0.717) is 11.8 Å². The summed E-state index contributed by atoms with van der Waals surface area (Å²) in [5, 5.41) is 13.5. The van der Waals surface area contributed by atoms with Crippen molar-refractivity contribution in [2.75, 3.05) is 0 Å². The fourth-order valence-corrected chi connectivity index (χ4v) is 1.13. The first kappa shape index (κ1) is 11.3. The molecule has 13 heavy (non-hydrogen) atoms. The van der Waals surface area contributed by atoms with Gasteiger partial charge in [-0.2, -0.15) is 4.98 Å². The van der Waals surface area contributed by atoms with Gasteiger partial charge in [0.05, 0.1) is 0 Å². The summed E-state index contributed by atoms with van der Waals surface area (Å²) >= 11 is 0. The van der Waals surface area contributed by atoms with Crippen LogP contribution in [0.2, 0.25) is 0 Å². The smallest absolute Gasteiger partial charge is 0.541 e. The van der Waals surface area contributed by atoms with Crippen LogP contribution in [0.5, 0.6) is 0 Å². The Labute approximate surface area is 117 Å². The molecule has 0 spiro atoms. The minimum absolute atomic E-state index is 0. The third kappa shape index (κ3) is 2.38. The zero-order valence-electron chi connectivity index (χ0n) is 7.48. The summed E-state index contributed by atoms with van der Waals surface area (Å²) in [5.41, 5.74) is 0. The molecule has 5 nitrogen and oxygen atoms in total. The van der Waals surface area contributed by atoms with Gasteiger partial charge in [0.1, 0.15) is 5.97 Å². The Morgan fingerprint density at radius 3 is 2.69 bits per heavy atom. The molecular weight excluding hydrogens is 199 g/mol. The quantitative estimate of drug-likeness (QED) is 0.470. The van der Waals surface area contributed by atoms with Gasteiger partial charge in [-0.1, -0.05) is 12.1 Å². The molecule has 2 rings (SSSR count). The summed E-state index contributed by atoms with van der Waals surface area (Å²) in [7, 11) is 0. The van der Waals surface area contributed by atoms with Crippen molar-refractivity contribution >= 4 is 5.97 Å². The molecule has 1 aromatic rings. The fraction of sp³-hybridized carbons (Fsp3) is 0.571. The van der Waals surface area contributed by atoms with Gasteiger partial charge in [-0.25, -0.2) is 0 Å². The maximum absolute atomic E-state index is 10.2. The van der Waals surface area contributed by atoms with E-state index in [4.69, 9.17) is 4.52 Å². The van der Waals surface area contributed by atoms with Crippen LogP contribution >= 0.6 is 0 Å². The number of carboxylic acid groups (broad SMARTS) is 1. The van der Waals surface area contributed by atoms with Crippen molar-refractivity contribution in [1.82, 2.24) is 10.1 Å². The Hall–Kier alpha value is 0.246. The fourth-order valence-electron chi connectivity index (χ4n) is 1.13. The van der Waals surface area contributed by atoms with Crippen molar-refractivity contribution in [1.29, 1.82) is 0 Å². The molecule has 0 saturated heterocycles. The van der Waals surface area contributed by atoms with Gasteiger partial charge in [-0.3, -0.25) is 0 Å². The third-order valence-electron chi connectivity index (χ3n) is 2.05. The molecule has 1 aliphatic carbocycles. The molecule has 64 valence electrons. The molecule has 2 unspecified atom stereocenters. The van der Waals surface area contributed by atoms with E-state index in [1.165, 1.54) is 0 Å². The Morgan fingerprint density at radius 2 is 2.31 bits per heavy atom. The van der Waals surface area contributed by atoms with E-state index in [9.17, 15) is 9.90 Å². The minimum atomic E-state index is -1.39. The molecular formula is C7H7KN2O3. The summed E-state index contributed by atoms with van der Waals surface area (Å²) in [6, 6.07) is 0. The van der Waals surface area contributed by atoms with Crippen molar-refractivity contribution in [2.45, 2.75) is 19.3 Å². The molecule has 0 amide bonds. The second kappa shape index (κ2) is 4.18. The number of carboxylic acids is 1. The van der Waals surface area contributed by atoms with Crippen molar-refractivity contribution < 1.29 is 65.8 Å². The standard InChI is InChI=1S/C7H8N2O3.K/c1-3-2-4(3)6-8-5(7(10)11)9-12-6;/h3-4H,2H2,1H3,(H,10,11);/q;+1/p-1. The van der Waals surface area contributed by atoms with Gasteiger partial charge in [0, 0.05) is 5.92 Å². The molecule has 1 saturated carbocycles. The van der Waals surface area contributed by atoms with Crippen LogP contribution in [0.4, 0.5) is 0 Å². The van der Waals surface area contributed by atoms with Crippen LogP contribution in [0.3, 0.4) is 0 Å². The summed E-state index contributed by atoms with van der Waals surface area (Å²) < 4.78 is 4.74. The second-order valence-corrected chi connectivity index (χ2v) is 3.06. The Morgan fingerprint density at radius 1 is 1.69 bits per heavy atom. The number of hydrogen-bond donors (Lipinski definition) is 0. The molecule has 0 radical (unpaired) electrons. The van der Waals surface area contributed by atoms with Gasteiger partial charge >= 0.3 is 51.4 Å². The van der Waals surface area contributed by atoms with E-state index in [2.05, 4.69) is 10.1 Å². The molecule has 1 aliphatic rings. The Bertz CT molecular complexity index is 325. The summed E-state index contributed by atoms with van der Waals surface area (Å²) in [6.45, 7) is 2.05. The third-order valence-corrected chi connectivity index (χ3v) is 2.05. The maximum atomic E-state index is 10.2. The predicted molar refractivity (Wildman–Crippen MR) is 35.2 cm³/mol. The molecule has 1 fully saturated rings. The average Bonchev–Trinajstić information content (AvgIpc) is 2.59. The van der Waals surface area contributed by atoms with E-state index in [1.807, 2.05) is 6.92 Å². The van der Waals surface area contributed by atoms with E-state index < -0.39 is 5.97 Å². The molecule has 0 aromatic carbocycles. The first-order valence-electron chi connectivity index (χ1n) is 3.73. The van der Waals surface area contributed by atoms with E-state index in [0.717, 1.165) is 6.42 Å². The first-order valence-corrected chi connectivity index (χ1v) is 3.73. The van der Waals surface area contributed by atoms with Crippen molar-refractivity contribution in [3.8, 4) is 0 Å². The van der Waals surface area contributed by atoms with Gasteiger partial charge in [-0.15, -0.1) is 0 Å². The molecule has 0 bridgehead atoms. The topological polar surface area (TPSA) is 79.0 Å². The summed E-state index contributed by atoms with van der Waals surface area (Å²) in [4.78, 5) is 13.9. The number of hydrogen-bond acceptors (Lipinski definition) is 5. The monoisotopic (exact) mass is 206 g/mol. The van der Waals surface area contributed by atoms with E-state index in [-0.39, 0.29) is 63.1 Å². The minimum Gasteiger partial charge on any atom is -0.541 e. The van der Waals surface area contributed by atoms with Crippen molar-refractivity contribution in [3.63, 3.8) is 0 Å². The van der Waals surface area contributed by atoms with Crippen LogP contribution in [0.15, 0.2) is 4.52 Å². The number of carbonyl (C=O) groups excluding carboxylic acids is 1. The molecule has 0 aliphatic heterocycles. The van der Waals surface area contributed by atoms with Crippen LogP contribution in [-0.4, -0.2) is 16.1 Å². The largest absolute Gasteiger partial charge is 1.00 e. The predicted octanol–water partition coefficient (Wildman–Crippen LogP) is -3.44. The molecule has 0 N–H and O–H groups in total. The SMILES string of the molecule is CC1CC1c1nc(C(=O)[O-])no1.[K+]. The molecule has 1 aromatic heterocycles. The number of carbonyl (C=O) groups is 1. The van der Waals surface area contributed by atoms with Gasteiger partial charge in [0.2, 0.25) is 11.7 Å². The zero-order valence-corrected chi connectivity index (χ0v) is 10.6. The van der Waals surface area contributed by atoms with Crippen LogP contribution in [0.1, 0.15) is 35.8 Å². The first-order chi connectivity index (χ1) is 5.68. The maximum Gasteiger partial charge on any atom is 1.00 e. The zero-order chi connectivity index (χ0) is 8.72. The second-order valence-electron chi connectivity index (χ2n) is 3.06. The number of aromatic nitrogens is 2. The van der Waals surface area contributed by atoms with Crippen LogP contribution < -0.4 is 56.5 Å². The number of rotatable bonds is 2. The normalized spacial score (nSPS) is 25.0. The van der Waals surface area contributed by atoms with Gasteiger partial charge in [-0.05, 0) is 12.3 Å².